The summed E-state index contributed by atoms with van der Waals surface area (Å²) in [6, 6.07) is 13.8. The average molecular weight is 828 g/mol. The number of nitrogens with one attached hydrogen (secondary N) is 1. The average Bonchev–Trinajstić information content (AvgIpc) is 3.11. The van der Waals surface area contributed by atoms with Crippen LogP contribution in [0.1, 0.15) is 57.2 Å². The van der Waals surface area contributed by atoms with Crippen LogP contribution in [0.2, 0.25) is 0 Å². The van der Waals surface area contributed by atoms with Crippen LogP contribution in [0.15, 0.2) is 42.5 Å². The molecular weight excluding hydrogens is 783 g/mol. The molecule has 0 amide bonds. The number of carbonyl (C=O) groups excluding carboxylic acids is 4. The number of ether oxygens (including phenoxy) is 7. The van der Waals surface area contributed by atoms with Crippen LogP contribution >= 0.6 is 34.8 Å². The van der Waals surface area contributed by atoms with Crippen LogP contribution < -0.4 is 4.74 Å². The molecule has 1 aliphatic carbocycles. The van der Waals surface area contributed by atoms with Crippen molar-refractivity contribution in [2.24, 2.45) is 11.8 Å². The number of alkyl halides is 3. The first-order chi connectivity index (χ1) is 26.0. The van der Waals surface area contributed by atoms with Crippen molar-refractivity contribution in [2.75, 3.05) is 19.7 Å². The van der Waals surface area contributed by atoms with Gasteiger partial charge in [-0.15, -0.1) is 0 Å². The van der Waals surface area contributed by atoms with Gasteiger partial charge in [-0.3, -0.25) is 24.7 Å². The largest absolute Gasteiger partial charge is 0.504 e. The third-order valence-corrected chi connectivity index (χ3v) is 10.2. The van der Waals surface area contributed by atoms with E-state index in [9.17, 15) is 24.3 Å². The molecule has 2 aromatic rings. The number of carbonyl (C=O) groups is 4. The van der Waals surface area contributed by atoms with Crippen LogP contribution in [0, 0.1) is 17.2 Å². The number of esters is 4. The van der Waals surface area contributed by atoms with Gasteiger partial charge in [0.05, 0.1) is 6.61 Å². The fraction of sp³-hybridized carbons (Fsp3) is 0.553. The molecule has 17 heteroatoms. The zero-order valence-electron chi connectivity index (χ0n) is 30.8. The molecule has 1 unspecified atom stereocenters. The molecule has 2 aliphatic heterocycles. The standard InChI is InChI=1S/C38H45Cl3N2O12/c1-20(17-43-14-8-11-26-15-27-25(16-28(26)43)12-13-29(30(27)47)49-19-24-9-6-5-7-10-24)18-50-35(48)33-31(51-21(2)44)32(52-22(3)45)34(53-23(4)46)36(54-33)55-37(42)38(39,40)41/h5-7,9-10,12-13,20,26,28,31-34,36,42,47H,8,11,14-19H2,1-4H3/t20?,26-,28-,31+,32+,33+,34-,36-/m1/s1. The zero-order valence-corrected chi connectivity index (χ0v) is 33.1. The number of fused-ring (bicyclic) bond motifs is 2. The molecule has 0 radical (unpaired) electrons. The summed E-state index contributed by atoms with van der Waals surface area (Å²) in [4.78, 5) is 52.6. The summed E-state index contributed by atoms with van der Waals surface area (Å²) in [5.74, 6) is -3.81. The number of aromatic hydroxyl groups is 1. The van der Waals surface area contributed by atoms with Gasteiger partial charge in [0.15, 0.2) is 29.8 Å². The Morgan fingerprint density at radius 3 is 2.24 bits per heavy atom. The third-order valence-electron chi connectivity index (χ3n) is 9.69. The third kappa shape index (κ3) is 10.9. The molecule has 2 N–H and O–H groups in total. The van der Waals surface area contributed by atoms with Crippen molar-refractivity contribution in [3.8, 4) is 11.5 Å². The second-order valence-corrected chi connectivity index (χ2v) is 16.3. The molecule has 0 aromatic heterocycles. The monoisotopic (exact) mass is 826 g/mol. The van der Waals surface area contributed by atoms with E-state index in [1.165, 1.54) is 0 Å². The molecule has 5 rings (SSSR count). The topological polar surface area (TPSA) is 180 Å². The summed E-state index contributed by atoms with van der Waals surface area (Å²) >= 11 is 17.4. The molecule has 55 heavy (non-hydrogen) atoms. The van der Waals surface area contributed by atoms with Gasteiger partial charge in [0.2, 0.25) is 18.3 Å². The van der Waals surface area contributed by atoms with Crippen molar-refractivity contribution < 1.29 is 57.4 Å². The number of benzene rings is 2. The fourth-order valence-corrected chi connectivity index (χ4v) is 7.52. The molecule has 2 aromatic carbocycles. The van der Waals surface area contributed by atoms with Crippen LogP contribution in [-0.4, -0.2) is 100 Å². The second kappa shape index (κ2) is 18.4. The van der Waals surface area contributed by atoms with Gasteiger partial charge >= 0.3 is 23.9 Å². The summed E-state index contributed by atoms with van der Waals surface area (Å²) in [6.45, 7) is 6.80. The van der Waals surface area contributed by atoms with Gasteiger partial charge in [-0.2, -0.15) is 0 Å². The Kier molecular flexibility index (Phi) is 14.2. The second-order valence-electron chi connectivity index (χ2n) is 14.0. The summed E-state index contributed by atoms with van der Waals surface area (Å²) in [7, 11) is 0. The first-order valence-electron chi connectivity index (χ1n) is 17.9. The predicted molar refractivity (Wildman–Crippen MR) is 199 cm³/mol. The van der Waals surface area contributed by atoms with E-state index in [0.717, 1.165) is 63.3 Å². The Bertz CT molecular complexity index is 1720. The van der Waals surface area contributed by atoms with E-state index in [2.05, 4.69) is 4.90 Å². The number of hydrogen-bond acceptors (Lipinski definition) is 14. The lowest BCUT2D eigenvalue weighted by atomic mass is 9.74. The smallest absolute Gasteiger partial charge is 0.339 e. The predicted octanol–water partition coefficient (Wildman–Crippen LogP) is 5.21. The summed E-state index contributed by atoms with van der Waals surface area (Å²) in [5.41, 5.74) is 2.99. The minimum absolute atomic E-state index is 0.0695. The minimum Gasteiger partial charge on any atom is -0.504 e. The molecule has 0 bridgehead atoms. The van der Waals surface area contributed by atoms with Crippen LogP contribution in [0.4, 0.5) is 0 Å². The number of nitrogens with zero attached hydrogens (tertiary/aromatic N) is 1. The lowest BCUT2D eigenvalue weighted by Crippen LogP contribution is -2.64. The maximum atomic E-state index is 13.7. The van der Waals surface area contributed by atoms with Gasteiger partial charge in [-0.05, 0) is 55.3 Å². The van der Waals surface area contributed by atoms with Crippen molar-refractivity contribution in [1.29, 1.82) is 5.41 Å². The van der Waals surface area contributed by atoms with E-state index in [1.54, 1.807) is 0 Å². The number of piperidine rings is 1. The lowest BCUT2D eigenvalue weighted by molar-refractivity contribution is -0.286. The molecule has 300 valence electrons. The zero-order chi connectivity index (χ0) is 40.0. The van der Waals surface area contributed by atoms with Crippen LogP contribution in [0.25, 0.3) is 0 Å². The van der Waals surface area contributed by atoms with Crippen molar-refractivity contribution in [3.63, 3.8) is 0 Å². The number of phenols is 1. The first kappa shape index (κ1) is 42.3. The van der Waals surface area contributed by atoms with E-state index in [4.69, 9.17) is 73.4 Å². The highest BCUT2D eigenvalue weighted by Gasteiger charge is 2.56. The van der Waals surface area contributed by atoms with Crippen LogP contribution in [0.3, 0.4) is 0 Å². The maximum Gasteiger partial charge on any atom is 0.339 e. The number of likely N-dealkylation sites (tertiary alicyclic amines) is 1. The Balaban J connectivity index is 1.26. The van der Waals surface area contributed by atoms with Crippen molar-refractivity contribution in [2.45, 2.75) is 101 Å². The molecule has 2 saturated heterocycles. The van der Waals surface area contributed by atoms with E-state index in [1.807, 2.05) is 49.4 Å². The Morgan fingerprint density at radius 2 is 1.58 bits per heavy atom. The van der Waals surface area contributed by atoms with E-state index in [-0.39, 0.29) is 24.3 Å². The Labute approximate surface area is 334 Å². The Morgan fingerprint density at radius 1 is 0.927 bits per heavy atom. The van der Waals surface area contributed by atoms with Gasteiger partial charge < -0.3 is 38.3 Å². The number of phenolic OH excluding ortho intramolecular Hbond substituents is 1. The number of halogens is 3. The number of hydrogen-bond donors (Lipinski definition) is 2. The van der Waals surface area contributed by atoms with Gasteiger partial charge in [-0.1, -0.05) is 78.1 Å². The fourth-order valence-electron chi connectivity index (χ4n) is 7.39. The summed E-state index contributed by atoms with van der Waals surface area (Å²) in [5, 5.41) is 19.3. The highest BCUT2D eigenvalue weighted by Crippen LogP contribution is 2.42. The SMILES string of the molecule is CC(=O)O[C@@H]1[C@@H](OC(C)=O)[C@@H](OC(=N)C(Cl)(Cl)Cl)O[C@H](C(=O)OCC(C)CN2CCC[C@@H]3Cc4c(ccc(OCc5ccccc5)c4O)C[C@H]32)[C@H]1OC(C)=O. The van der Waals surface area contributed by atoms with Crippen LogP contribution in [0.5, 0.6) is 11.5 Å². The normalized spacial score (nSPS) is 25.6. The van der Waals surface area contributed by atoms with Gasteiger partial charge in [-0.25, -0.2) is 4.79 Å². The molecule has 0 spiro atoms. The van der Waals surface area contributed by atoms with Gasteiger partial charge in [0.1, 0.15) is 6.61 Å². The molecule has 0 saturated carbocycles. The highest BCUT2D eigenvalue weighted by molar-refractivity contribution is 6.76. The van der Waals surface area contributed by atoms with Crippen molar-refractivity contribution in [1.82, 2.24) is 4.90 Å². The lowest BCUT2D eigenvalue weighted by Gasteiger charge is -2.45. The Hall–Kier alpha value is -3.82. The molecule has 2 fully saturated rings. The first-order valence-corrected chi connectivity index (χ1v) is 19.1. The molecule has 8 atom stereocenters. The molecule has 3 aliphatic rings. The maximum absolute atomic E-state index is 13.7. The quantitative estimate of drug-likeness (QED) is 0.0937. The van der Waals surface area contributed by atoms with E-state index >= 15 is 0 Å². The molecule has 2 heterocycles. The summed E-state index contributed by atoms with van der Waals surface area (Å²) < 4.78 is 36.5. The van der Waals surface area contributed by atoms with Crippen molar-refractivity contribution >= 4 is 64.6 Å². The summed E-state index contributed by atoms with van der Waals surface area (Å²) in [6.07, 6.45) is -5.15. The molecule has 14 nitrogen and oxygen atoms in total. The highest BCUT2D eigenvalue weighted by atomic mass is 35.6. The molecular formula is C38H45Cl3N2O12. The van der Waals surface area contributed by atoms with Gasteiger partial charge in [0.25, 0.3) is 3.79 Å². The minimum atomic E-state index is -2.38. The van der Waals surface area contributed by atoms with Gasteiger partial charge in [0, 0.05) is 44.8 Å². The van der Waals surface area contributed by atoms with Crippen LogP contribution in [-0.2, 0) is 67.0 Å². The van der Waals surface area contributed by atoms with E-state index in [0.29, 0.717) is 31.2 Å². The number of rotatable bonds is 12. The van der Waals surface area contributed by atoms with E-state index < -0.39 is 64.3 Å². The van der Waals surface area contributed by atoms with Crippen molar-refractivity contribution in [3.05, 3.63) is 59.2 Å².